The van der Waals surface area contributed by atoms with E-state index in [4.69, 9.17) is 17.0 Å². The summed E-state index contributed by atoms with van der Waals surface area (Å²) in [5.41, 5.74) is 4.91. The second-order valence-electron chi connectivity index (χ2n) is 5.91. The maximum Gasteiger partial charge on any atom is 0.387 e. The van der Waals surface area contributed by atoms with Crippen molar-refractivity contribution in [2.45, 2.75) is 32.9 Å². The third-order valence-electron chi connectivity index (χ3n) is 2.64. The Morgan fingerprint density at radius 2 is 1.96 bits per heavy atom. The number of hydrogen-bond donors (Lipinski definition) is 3. The van der Waals surface area contributed by atoms with Crippen LogP contribution in [0, 0.1) is 0 Å². The maximum atomic E-state index is 12.5. The lowest BCUT2D eigenvalue weighted by atomic mass is 10.1. The number of carbonyl (C=O) groups is 1. The van der Waals surface area contributed by atoms with Gasteiger partial charge in [-0.25, -0.2) is 0 Å². The van der Waals surface area contributed by atoms with E-state index in [1.165, 1.54) is 25.3 Å². The lowest BCUT2D eigenvalue weighted by molar-refractivity contribution is -0.117. The molecule has 138 valence electrons. The fraction of sp³-hybridized carbons (Fsp3) is 0.375. The zero-order chi connectivity index (χ0) is 19.0. The molecule has 1 rings (SSSR count). The lowest BCUT2D eigenvalue weighted by Crippen LogP contribution is -2.51. The van der Waals surface area contributed by atoms with E-state index in [9.17, 15) is 13.6 Å². The molecule has 9 heteroatoms. The molecular formula is C16H21F2N3O3S. The summed E-state index contributed by atoms with van der Waals surface area (Å²) >= 11 is 5.02. The van der Waals surface area contributed by atoms with Crippen molar-refractivity contribution < 1.29 is 23.0 Å². The summed E-state index contributed by atoms with van der Waals surface area (Å²) < 4.78 is 34.5. The van der Waals surface area contributed by atoms with Crippen LogP contribution in [0.3, 0.4) is 0 Å². The Morgan fingerprint density at radius 3 is 2.52 bits per heavy atom. The van der Waals surface area contributed by atoms with Crippen molar-refractivity contribution >= 4 is 29.3 Å². The second kappa shape index (κ2) is 9.16. The number of ether oxygens (including phenoxy) is 2. The molecule has 25 heavy (non-hydrogen) atoms. The van der Waals surface area contributed by atoms with E-state index in [0.29, 0.717) is 0 Å². The first kappa shape index (κ1) is 20.6. The van der Waals surface area contributed by atoms with Gasteiger partial charge in [-0.15, -0.1) is 0 Å². The van der Waals surface area contributed by atoms with E-state index in [-0.39, 0.29) is 27.7 Å². The van der Waals surface area contributed by atoms with Gasteiger partial charge in [-0.1, -0.05) is 12.1 Å². The van der Waals surface area contributed by atoms with Crippen LogP contribution in [0.4, 0.5) is 8.78 Å². The number of thiocarbonyl (C=S) groups is 1. The fourth-order valence-electron chi connectivity index (χ4n) is 1.74. The molecule has 0 aliphatic carbocycles. The molecule has 0 aliphatic rings. The van der Waals surface area contributed by atoms with E-state index in [1.54, 1.807) is 6.07 Å². The minimum atomic E-state index is -3.01. The SMILES string of the molecule is COc1cccc(/C=C/C(=O)NNC(=S)NC(C)(C)C)c1OC(F)F. The van der Waals surface area contributed by atoms with E-state index in [1.807, 2.05) is 20.8 Å². The van der Waals surface area contributed by atoms with E-state index >= 15 is 0 Å². The van der Waals surface area contributed by atoms with Gasteiger partial charge in [0.15, 0.2) is 16.6 Å². The molecule has 0 atom stereocenters. The van der Waals surface area contributed by atoms with Crippen molar-refractivity contribution in [3.05, 3.63) is 29.8 Å². The summed E-state index contributed by atoms with van der Waals surface area (Å²) in [4.78, 5) is 11.8. The average Bonchev–Trinajstić information content (AvgIpc) is 2.49. The van der Waals surface area contributed by atoms with Crippen LogP contribution >= 0.6 is 12.2 Å². The molecule has 0 saturated carbocycles. The number of alkyl halides is 2. The molecular weight excluding hydrogens is 352 g/mol. The Bertz CT molecular complexity index is 646. The summed E-state index contributed by atoms with van der Waals surface area (Å²) in [6, 6.07) is 4.59. The predicted octanol–water partition coefficient (Wildman–Crippen LogP) is 2.60. The van der Waals surface area contributed by atoms with Gasteiger partial charge < -0.3 is 14.8 Å². The van der Waals surface area contributed by atoms with Gasteiger partial charge in [0.2, 0.25) is 0 Å². The quantitative estimate of drug-likeness (QED) is 0.419. The molecule has 3 N–H and O–H groups in total. The largest absolute Gasteiger partial charge is 0.493 e. The number of hydrazine groups is 1. The highest BCUT2D eigenvalue weighted by molar-refractivity contribution is 7.80. The first-order valence-electron chi connectivity index (χ1n) is 7.30. The molecule has 0 bridgehead atoms. The second-order valence-corrected chi connectivity index (χ2v) is 6.32. The number of benzene rings is 1. The molecule has 6 nitrogen and oxygen atoms in total. The zero-order valence-corrected chi connectivity index (χ0v) is 15.2. The molecule has 0 heterocycles. The van der Waals surface area contributed by atoms with Crippen molar-refractivity contribution in [2.75, 3.05) is 7.11 Å². The number of methoxy groups -OCH3 is 1. The van der Waals surface area contributed by atoms with Crippen molar-refractivity contribution in [2.24, 2.45) is 0 Å². The molecule has 0 fully saturated rings. The Balaban J connectivity index is 2.74. The molecule has 0 aliphatic heterocycles. The van der Waals surface area contributed by atoms with Crippen LogP contribution in [-0.2, 0) is 4.79 Å². The van der Waals surface area contributed by atoms with Crippen LogP contribution in [0.15, 0.2) is 24.3 Å². The highest BCUT2D eigenvalue weighted by atomic mass is 32.1. The number of amides is 1. The maximum absolute atomic E-state index is 12.5. The number of para-hydroxylation sites is 1. The van der Waals surface area contributed by atoms with Crippen LogP contribution in [0.5, 0.6) is 11.5 Å². The first-order valence-corrected chi connectivity index (χ1v) is 7.71. The van der Waals surface area contributed by atoms with Gasteiger partial charge in [-0.2, -0.15) is 8.78 Å². The highest BCUT2D eigenvalue weighted by Crippen LogP contribution is 2.33. The van der Waals surface area contributed by atoms with E-state index in [2.05, 4.69) is 20.9 Å². The topological polar surface area (TPSA) is 71.6 Å². The van der Waals surface area contributed by atoms with Crippen molar-refractivity contribution in [3.8, 4) is 11.5 Å². The lowest BCUT2D eigenvalue weighted by Gasteiger charge is -2.22. The van der Waals surface area contributed by atoms with Crippen LogP contribution in [0.1, 0.15) is 26.3 Å². The van der Waals surface area contributed by atoms with Gasteiger partial charge in [-0.05, 0) is 45.1 Å². The fourth-order valence-corrected chi connectivity index (χ4v) is 2.09. The van der Waals surface area contributed by atoms with Crippen molar-refractivity contribution in [3.63, 3.8) is 0 Å². The third-order valence-corrected chi connectivity index (χ3v) is 2.84. The van der Waals surface area contributed by atoms with Crippen LogP contribution in [0.25, 0.3) is 6.08 Å². The normalized spacial score (nSPS) is 11.3. The van der Waals surface area contributed by atoms with Crippen molar-refractivity contribution in [1.29, 1.82) is 0 Å². The number of hydrogen-bond acceptors (Lipinski definition) is 4. The zero-order valence-electron chi connectivity index (χ0n) is 14.4. The number of halogens is 2. The van der Waals surface area contributed by atoms with E-state index < -0.39 is 12.5 Å². The minimum Gasteiger partial charge on any atom is -0.493 e. The van der Waals surface area contributed by atoms with Gasteiger partial charge in [0.1, 0.15) is 0 Å². The highest BCUT2D eigenvalue weighted by Gasteiger charge is 2.14. The standard InChI is InChI=1S/C16H21F2N3O3S/c1-16(2,3)19-15(25)21-20-12(22)9-8-10-6-5-7-11(23-4)13(10)24-14(17)18/h5-9,14H,1-4H3,(H,20,22)(H2,19,21,25)/b9-8+. The van der Waals surface area contributed by atoms with Gasteiger partial charge in [0.05, 0.1) is 7.11 Å². The smallest absolute Gasteiger partial charge is 0.387 e. The molecule has 1 aromatic carbocycles. The van der Waals surface area contributed by atoms with Crippen LogP contribution in [0.2, 0.25) is 0 Å². The Kier molecular flexibility index (Phi) is 7.56. The van der Waals surface area contributed by atoms with Gasteiger partial charge >= 0.3 is 6.61 Å². The molecule has 1 aromatic rings. The van der Waals surface area contributed by atoms with Gasteiger partial charge in [0.25, 0.3) is 5.91 Å². The molecule has 0 radical (unpaired) electrons. The Hall–Kier alpha value is -2.42. The molecule has 0 aromatic heterocycles. The minimum absolute atomic E-state index is 0.136. The molecule has 1 amide bonds. The summed E-state index contributed by atoms with van der Waals surface area (Å²) in [5.74, 6) is -0.539. The Morgan fingerprint density at radius 1 is 1.28 bits per heavy atom. The summed E-state index contributed by atoms with van der Waals surface area (Å²) in [7, 11) is 1.33. The molecule has 0 spiro atoms. The van der Waals surface area contributed by atoms with Crippen molar-refractivity contribution in [1.82, 2.24) is 16.2 Å². The third kappa shape index (κ3) is 7.79. The average molecular weight is 373 g/mol. The van der Waals surface area contributed by atoms with Gasteiger partial charge in [0, 0.05) is 17.2 Å². The summed E-state index contributed by atoms with van der Waals surface area (Å²) in [6.07, 6.45) is 2.48. The number of carbonyl (C=O) groups excluding carboxylic acids is 1. The summed E-state index contributed by atoms with van der Waals surface area (Å²) in [5, 5.41) is 3.20. The number of nitrogens with one attached hydrogen (secondary N) is 3. The van der Waals surface area contributed by atoms with Gasteiger partial charge in [-0.3, -0.25) is 15.6 Å². The monoisotopic (exact) mass is 373 g/mol. The van der Waals surface area contributed by atoms with E-state index in [0.717, 1.165) is 6.08 Å². The number of rotatable bonds is 5. The van der Waals surface area contributed by atoms with Crippen LogP contribution in [-0.4, -0.2) is 30.3 Å². The predicted molar refractivity (Wildman–Crippen MR) is 95.4 cm³/mol. The first-order chi connectivity index (χ1) is 11.6. The Labute approximate surface area is 150 Å². The summed E-state index contributed by atoms with van der Waals surface area (Å²) in [6.45, 7) is 2.72. The molecule has 0 unspecified atom stereocenters. The van der Waals surface area contributed by atoms with Crippen LogP contribution < -0.4 is 25.6 Å². The molecule has 0 saturated heterocycles.